The number of hydrogen-bond acceptors (Lipinski definition) is 3. The lowest BCUT2D eigenvalue weighted by molar-refractivity contribution is 0.346. The van der Waals surface area contributed by atoms with Crippen molar-refractivity contribution < 1.29 is 12.8 Å². The fourth-order valence-electron chi connectivity index (χ4n) is 2.18. The van der Waals surface area contributed by atoms with Gasteiger partial charge >= 0.3 is 0 Å². The molecular formula is C12H17FN2O2S. The van der Waals surface area contributed by atoms with Crippen molar-refractivity contribution in [2.45, 2.75) is 30.7 Å². The molecule has 0 bridgehead atoms. The average Bonchev–Trinajstić information content (AvgIpc) is 2.39. The van der Waals surface area contributed by atoms with E-state index in [1.165, 1.54) is 16.4 Å². The van der Waals surface area contributed by atoms with E-state index in [9.17, 15) is 12.8 Å². The Morgan fingerprint density at radius 3 is 2.50 bits per heavy atom. The SMILES string of the molecule is NCc1ccc(F)cc1S(=O)(=O)N1CCCCC1. The minimum Gasteiger partial charge on any atom is -0.326 e. The Kier molecular flexibility index (Phi) is 3.99. The summed E-state index contributed by atoms with van der Waals surface area (Å²) >= 11 is 0. The van der Waals surface area contributed by atoms with E-state index in [-0.39, 0.29) is 11.4 Å². The van der Waals surface area contributed by atoms with Gasteiger partial charge in [0.15, 0.2) is 0 Å². The Morgan fingerprint density at radius 1 is 1.22 bits per heavy atom. The molecule has 1 saturated heterocycles. The van der Waals surface area contributed by atoms with E-state index in [4.69, 9.17) is 5.73 Å². The van der Waals surface area contributed by atoms with Crippen LogP contribution in [0.15, 0.2) is 23.1 Å². The van der Waals surface area contributed by atoms with Crippen LogP contribution in [0.2, 0.25) is 0 Å². The summed E-state index contributed by atoms with van der Waals surface area (Å²) in [6, 6.07) is 3.73. The van der Waals surface area contributed by atoms with Crippen LogP contribution in [0.5, 0.6) is 0 Å². The first kappa shape index (κ1) is 13.5. The van der Waals surface area contributed by atoms with E-state index >= 15 is 0 Å². The Hall–Kier alpha value is -0.980. The Morgan fingerprint density at radius 2 is 1.89 bits per heavy atom. The van der Waals surface area contributed by atoms with Crippen LogP contribution in [-0.4, -0.2) is 25.8 Å². The number of hydrogen-bond donors (Lipinski definition) is 1. The summed E-state index contributed by atoms with van der Waals surface area (Å²) < 4.78 is 39.5. The molecule has 0 aliphatic carbocycles. The molecule has 2 rings (SSSR count). The van der Waals surface area contributed by atoms with Crippen molar-refractivity contribution >= 4 is 10.0 Å². The van der Waals surface area contributed by atoms with Crippen LogP contribution in [0.4, 0.5) is 4.39 Å². The Balaban J connectivity index is 2.42. The number of benzene rings is 1. The highest BCUT2D eigenvalue weighted by Gasteiger charge is 2.28. The molecule has 18 heavy (non-hydrogen) atoms. The van der Waals surface area contributed by atoms with Crippen LogP contribution >= 0.6 is 0 Å². The number of halogens is 1. The Labute approximate surface area is 107 Å². The van der Waals surface area contributed by atoms with Crippen LogP contribution in [0.1, 0.15) is 24.8 Å². The second-order valence-corrected chi connectivity index (χ2v) is 6.33. The fourth-order valence-corrected chi connectivity index (χ4v) is 3.94. The summed E-state index contributed by atoms with van der Waals surface area (Å²) in [6.07, 6.45) is 2.75. The van der Waals surface area contributed by atoms with Gasteiger partial charge in [-0.1, -0.05) is 12.5 Å². The van der Waals surface area contributed by atoms with E-state index in [1.54, 1.807) is 0 Å². The van der Waals surface area contributed by atoms with Crippen molar-refractivity contribution in [1.29, 1.82) is 0 Å². The van der Waals surface area contributed by atoms with Crippen molar-refractivity contribution in [1.82, 2.24) is 4.31 Å². The molecule has 0 saturated carbocycles. The van der Waals surface area contributed by atoms with Crippen molar-refractivity contribution in [3.05, 3.63) is 29.6 Å². The lowest BCUT2D eigenvalue weighted by Crippen LogP contribution is -2.36. The van der Waals surface area contributed by atoms with Gasteiger partial charge < -0.3 is 5.73 Å². The summed E-state index contributed by atoms with van der Waals surface area (Å²) in [5.74, 6) is -0.553. The van der Waals surface area contributed by atoms with Gasteiger partial charge in [0.1, 0.15) is 5.82 Å². The zero-order valence-electron chi connectivity index (χ0n) is 10.1. The second-order valence-electron chi connectivity index (χ2n) is 4.42. The molecule has 2 N–H and O–H groups in total. The molecule has 1 aliphatic heterocycles. The standard InChI is InChI=1S/C12H17FN2O2S/c13-11-5-4-10(9-14)12(8-11)18(16,17)15-6-2-1-3-7-15/h4-5,8H,1-3,6-7,9,14H2. The summed E-state index contributed by atoms with van der Waals surface area (Å²) in [7, 11) is -3.61. The van der Waals surface area contributed by atoms with Crippen molar-refractivity contribution in [3.8, 4) is 0 Å². The lowest BCUT2D eigenvalue weighted by atomic mass is 10.2. The normalized spacial score (nSPS) is 17.9. The third-order valence-corrected chi connectivity index (χ3v) is 5.16. The van der Waals surface area contributed by atoms with Crippen LogP contribution in [0.3, 0.4) is 0 Å². The number of nitrogens with zero attached hydrogens (tertiary/aromatic N) is 1. The molecule has 1 fully saturated rings. The molecule has 1 aliphatic rings. The van der Waals surface area contributed by atoms with Gasteiger partial charge in [0, 0.05) is 19.6 Å². The first-order valence-corrected chi connectivity index (χ1v) is 7.48. The molecule has 4 nitrogen and oxygen atoms in total. The van der Waals surface area contributed by atoms with Gasteiger partial charge in [-0.25, -0.2) is 12.8 Å². The first-order chi connectivity index (χ1) is 8.55. The van der Waals surface area contributed by atoms with Gasteiger partial charge in [-0.15, -0.1) is 0 Å². The molecule has 0 amide bonds. The maximum absolute atomic E-state index is 13.3. The average molecular weight is 272 g/mol. The van der Waals surface area contributed by atoms with Crippen molar-refractivity contribution in [2.75, 3.05) is 13.1 Å². The quantitative estimate of drug-likeness (QED) is 0.906. The third-order valence-electron chi connectivity index (χ3n) is 3.18. The Bertz CT molecular complexity index is 525. The van der Waals surface area contributed by atoms with Crippen molar-refractivity contribution in [3.63, 3.8) is 0 Å². The van der Waals surface area contributed by atoms with Gasteiger partial charge in [-0.3, -0.25) is 0 Å². The van der Waals surface area contributed by atoms with E-state index in [1.807, 2.05) is 0 Å². The van der Waals surface area contributed by atoms with Gasteiger partial charge in [0.25, 0.3) is 0 Å². The predicted molar refractivity (Wildman–Crippen MR) is 66.9 cm³/mol. The second kappa shape index (κ2) is 5.34. The largest absolute Gasteiger partial charge is 0.326 e. The first-order valence-electron chi connectivity index (χ1n) is 6.04. The summed E-state index contributed by atoms with van der Waals surface area (Å²) in [5.41, 5.74) is 5.98. The molecule has 0 radical (unpaired) electrons. The highest BCUT2D eigenvalue weighted by Crippen LogP contribution is 2.24. The molecule has 0 atom stereocenters. The fraction of sp³-hybridized carbons (Fsp3) is 0.500. The molecule has 0 spiro atoms. The van der Waals surface area contributed by atoms with Gasteiger partial charge in [0.2, 0.25) is 10.0 Å². The molecule has 1 aromatic carbocycles. The maximum atomic E-state index is 13.3. The summed E-state index contributed by atoms with van der Waals surface area (Å²) in [5, 5.41) is 0. The molecule has 100 valence electrons. The predicted octanol–water partition coefficient (Wildman–Crippen LogP) is 1.46. The zero-order chi connectivity index (χ0) is 13.2. The highest BCUT2D eigenvalue weighted by atomic mass is 32.2. The van der Waals surface area contributed by atoms with E-state index in [0.717, 1.165) is 25.3 Å². The number of nitrogens with two attached hydrogens (primary N) is 1. The highest BCUT2D eigenvalue weighted by molar-refractivity contribution is 7.89. The molecule has 1 aromatic rings. The van der Waals surface area contributed by atoms with Crippen LogP contribution in [0.25, 0.3) is 0 Å². The number of piperidine rings is 1. The molecule has 0 aromatic heterocycles. The van der Waals surface area contributed by atoms with Crippen molar-refractivity contribution in [2.24, 2.45) is 5.73 Å². The van der Waals surface area contributed by atoms with Gasteiger partial charge in [-0.05, 0) is 30.5 Å². The smallest absolute Gasteiger partial charge is 0.243 e. The molecule has 1 heterocycles. The minimum atomic E-state index is -3.61. The van der Waals surface area contributed by atoms with Crippen LogP contribution in [0, 0.1) is 5.82 Å². The van der Waals surface area contributed by atoms with E-state index in [2.05, 4.69) is 0 Å². The third kappa shape index (κ3) is 2.55. The summed E-state index contributed by atoms with van der Waals surface area (Å²) in [4.78, 5) is 0.00639. The van der Waals surface area contributed by atoms with E-state index < -0.39 is 15.8 Å². The number of sulfonamides is 1. The minimum absolute atomic E-state index is 0.00639. The maximum Gasteiger partial charge on any atom is 0.243 e. The monoisotopic (exact) mass is 272 g/mol. The molecule has 0 unspecified atom stereocenters. The number of rotatable bonds is 3. The van der Waals surface area contributed by atoms with Gasteiger partial charge in [0.05, 0.1) is 4.90 Å². The van der Waals surface area contributed by atoms with Gasteiger partial charge in [-0.2, -0.15) is 4.31 Å². The lowest BCUT2D eigenvalue weighted by Gasteiger charge is -2.26. The summed E-state index contributed by atoms with van der Waals surface area (Å²) in [6.45, 7) is 1.09. The molecule has 6 heteroatoms. The topological polar surface area (TPSA) is 63.4 Å². The van der Waals surface area contributed by atoms with Crippen LogP contribution in [-0.2, 0) is 16.6 Å². The zero-order valence-corrected chi connectivity index (χ0v) is 10.9. The van der Waals surface area contributed by atoms with Crippen LogP contribution < -0.4 is 5.73 Å². The van der Waals surface area contributed by atoms with E-state index in [0.29, 0.717) is 18.7 Å². The molecular weight excluding hydrogens is 255 g/mol.